The maximum absolute atomic E-state index is 12.9. The van der Waals surface area contributed by atoms with E-state index in [4.69, 9.17) is 0 Å². The molecule has 3 rings (SSSR count). The molecular formula is C23H25NO3. The lowest BCUT2D eigenvalue weighted by atomic mass is 9.85. The van der Waals surface area contributed by atoms with Gasteiger partial charge in [0.15, 0.2) is 11.4 Å². The number of hydrogen-bond acceptors (Lipinski definition) is 3. The second-order valence-electron chi connectivity index (χ2n) is 8.01. The van der Waals surface area contributed by atoms with Crippen molar-refractivity contribution in [3.63, 3.8) is 0 Å². The summed E-state index contributed by atoms with van der Waals surface area (Å²) in [7, 11) is 0. The van der Waals surface area contributed by atoms with Crippen LogP contribution >= 0.6 is 0 Å². The Morgan fingerprint density at radius 1 is 1.15 bits per heavy atom. The smallest absolute Gasteiger partial charge is 0.264 e. The molecule has 140 valence electrons. The van der Waals surface area contributed by atoms with Gasteiger partial charge < -0.3 is 10.0 Å². The van der Waals surface area contributed by atoms with Crippen molar-refractivity contribution in [1.29, 1.82) is 0 Å². The van der Waals surface area contributed by atoms with E-state index in [1.807, 2.05) is 12.1 Å². The van der Waals surface area contributed by atoms with E-state index in [0.717, 1.165) is 5.56 Å². The van der Waals surface area contributed by atoms with Crippen LogP contribution in [0.5, 0.6) is 0 Å². The Bertz CT molecular complexity index is 893. The van der Waals surface area contributed by atoms with Gasteiger partial charge in [-0.3, -0.25) is 9.59 Å². The maximum atomic E-state index is 12.9. The standard InChI is InChI=1S/C23H25NO3/c1-5-14-24-19-9-7-6-8-18(19)23(27,21(24)26)15-20(25)16-10-12-17(13-11-16)22(2,3)4/h5-13,27H,1,14-15H2,2-4H3/t23-/m0/s1. The van der Waals surface area contributed by atoms with Gasteiger partial charge in [0.2, 0.25) is 0 Å². The molecule has 0 spiro atoms. The Balaban J connectivity index is 1.91. The van der Waals surface area contributed by atoms with Crippen LogP contribution in [0.3, 0.4) is 0 Å². The molecule has 0 unspecified atom stereocenters. The van der Waals surface area contributed by atoms with Crippen molar-refractivity contribution in [3.05, 3.63) is 77.9 Å². The van der Waals surface area contributed by atoms with Gasteiger partial charge in [0, 0.05) is 17.7 Å². The van der Waals surface area contributed by atoms with E-state index in [1.165, 1.54) is 4.90 Å². The second kappa shape index (κ2) is 6.78. The third kappa shape index (κ3) is 3.33. The van der Waals surface area contributed by atoms with Gasteiger partial charge in [-0.1, -0.05) is 69.3 Å². The minimum Gasteiger partial charge on any atom is -0.375 e. The number of carbonyl (C=O) groups is 2. The summed E-state index contributed by atoms with van der Waals surface area (Å²) in [5.74, 6) is -0.746. The third-order valence-corrected chi connectivity index (χ3v) is 5.04. The summed E-state index contributed by atoms with van der Waals surface area (Å²) in [6.45, 7) is 10.3. The van der Waals surface area contributed by atoms with Gasteiger partial charge in [-0.15, -0.1) is 6.58 Å². The highest BCUT2D eigenvalue weighted by Gasteiger charge is 2.50. The molecule has 2 aromatic carbocycles. The van der Waals surface area contributed by atoms with Gasteiger partial charge in [0.25, 0.3) is 5.91 Å². The molecule has 1 aliphatic rings. The summed E-state index contributed by atoms with van der Waals surface area (Å²) < 4.78 is 0. The zero-order chi connectivity index (χ0) is 19.8. The molecule has 4 nitrogen and oxygen atoms in total. The molecule has 0 saturated carbocycles. The Kier molecular flexibility index (Phi) is 4.79. The molecule has 1 aliphatic heterocycles. The lowest BCUT2D eigenvalue weighted by Gasteiger charge is -2.22. The largest absolute Gasteiger partial charge is 0.375 e. The first kappa shape index (κ1) is 19.1. The Labute approximate surface area is 160 Å². The molecule has 0 bridgehead atoms. The van der Waals surface area contributed by atoms with Gasteiger partial charge in [-0.2, -0.15) is 0 Å². The number of para-hydroxylation sites is 1. The number of fused-ring (bicyclic) bond motifs is 1. The number of rotatable bonds is 5. The SMILES string of the molecule is C=CCN1C(=O)[C@](O)(CC(=O)c2ccc(C(C)(C)C)cc2)c2ccccc21. The molecule has 0 aromatic heterocycles. The predicted molar refractivity (Wildman–Crippen MR) is 107 cm³/mol. The molecule has 1 heterocycles. The normalized spacial score (nSPS) is 19.1. The fraction of sp³-hybridized carbons (Fsp3) is 0.304. The third-order valence-electron chi connectivity index (χ3n) is 5.04. The van der Waals surface area contributed by atoms with E-state index in [1.54, 1.807) is 42.5 Å². The summed E-state index contributed by atoms with van der Waals surface area (Å²) >= 11 is 0. The topological polar surface area (TPSA) is 57.6 Å². The molecule has 0 aliphatic carbocycles. The maximum Gasteiger partial charge on any atom is 0.264 e. The van der Waals surface area contributed by atoms with Gasteiger partial charge in [0.05, 0.1) is 12.1 Å². The Morgan fingerprint density at radius 3 is 2.37 bits per heavy atom. The molecule has 4 heteroatoms. The van der Waals surface area contributed by atoms with Crippen molar-refractivity contribution in [2.45, 2.75) is 38.2 Å². The fourth-order valence-corrected chi connectivity index (χ4v) is 3.48. The van der Waals surface area contributed by atoms with Crippen LogP contribution in [-0.4, -0.2) is 23.3 Å². The van der Waals surface area contributed by atoms with Crippen molar-refractivity contribution in [2.75, 3.05) is 11.4 Å². The average Bonchev–Trinajstić information content (AvgIpc) is 2.84. The van der Waals surface area contributed by atoms with Gasteiger partial charge in [-0.25, -0.2) is 0 Å². The van der Waals surface area contributed by atoms with Gasteiger partial charge >= 0.3 is 0 Å². The molecule has 1 amide bonds. The number of Topliss-reactive ketones (excluding diaryl/α,β-unsaturated/α-hetero) is 1. The zero-order valence-corrected chi connectivity index (χ0v) is 16.0. The molecule has 2 aromatic rings. The van der Waals surface area contributed by atoms with Gasteiger partial charge in [0.1, 0.15) is 0 Å². The molecular weight excluding hydrogens is 338 g/mol. The lowest BCUT2D eigenvalue weighted by molar-refractivity contribution is -0.135. The van der Waals surface area contributed by atoms with E-state index in [-0.39, 0.29) is 24.2 Å². The summed E-state index contributed by atoms with van der Waals surface area (Å²) in [5, 5.41) is 11.2. The van der Waals surface area contributed by atoms with E-state index >= 15 is 0 Å². The number of anilines is 1. The van der Waals surface area contributed by atoms with E-state index in [9.17, 15) is 14.7 Å². The van der Waals surface area contributed by atoms with Crippen LogP contribution in [-0.2, 0) is 15.8 Å². The lowest BCUT2D eigenvalue weighted by Crippen LogP contribution is -2.41. The van der Waals surface area contributed by atoms with Crippen LogP contribution in [0, 0.1) is 0 Å². The first-order chi connectivity index (χ1) is 12.7. The van der Waals surface area contributed by atoms with Crippen molar-refractivity contribution < 1.29 is 14.7 Å². The first-order valence-corrected chi connectivity index (χ1v) is 9.07. The van der Waals surface area contributed by atoms with Crippen LogP contribution in [0.25, 0.3) is 0 Å². The minimum atomic E-state index is -1.85. The van der Waals surface area contributed by atoms with E-state index < -0.39 is 11.5 Å². The minimum absolute atomic E-state index is 0.00860. The number of aliphatic hydroxyl groups is 1. The Morgan fingerprint density at radius 2 is 1.78 bits per heavy atom. The first-order valence-electron chi connectivity index (χ1n) is 9.07. The van der Waals surface area contributed by atoms with Crippen molar-refractivity contribution in [2.24, 2.45) is 0 Å². The van der Waals surface area contributed by atoms with Gasteiger partial charge in [-0.05, 0) is 17.0 Å². The number of carbonyl (C=O) groups excluding carboxylic acids is 2. The van der Waals surface area contributed by atoms with Crippen molar-refractivity contribution >= 4 is 17.4 Å². The van der Waals surface area contributed by atoms with Crippen LogP contribution in [0.1, 0.15) is 48.7 Å². The van der Waals surface area contributed by atoms with E-state index in [2.05, 4.69) is 27.4 Å². The quantitative estimate of drug-likeness (QED) is 0.646. The summed E-state index contributed by atoms with van der Waals surface area (Å²) in [6, 6.07) is 14.4. The second-order valence-corrected chi connectivity index (χ2v) is 8.01. The Hall–Kier alpha value is -2.72. The highest BCUT2D eigenvalue weighted by molar-refractivity contribution is 6.10. The molecule has 1 atom stereocenters. The molecule has 0 radical (unpaired) electrons. The highest BCUT2D eigenvalue weighted by atomic mass is 16.3. The van der Waals surface area contributed by atoms with E-state index in [0.29, 0.717) is 16.8 Å². The predicted octanol–water partition coefficient (Wildman–Crippen LogP) is 3.98. The van der Waals surface area contributed by atoms with Crippen LogP contribution in [0.15, 0.2) is 61.2 Å². The average molecular weight is 363 g/mol. The molecule has 0 fully saturated rings. The number of ketones is 1. The summed E-state index contributed by atoms with van der Waals surface area (Å²) in [5.41, 5.74) is 0.850. The number of amides is 1. The fourth-order valence-electron chi connectivity index (χ4n) is 3.48. The molecule has 1 N–H and O–H groups in total. The summed E-state index contributed by atoms with van der Waals surface area (Å²) in [4.78, 5) is 27.2. The number of benzene rings is 2. The number of hydrogen-bond donors (Lipinski definition) is 1. The van der Waals surface area contributed by atoms with Crippen LogP contribution < -0.4 is 4.90 Å². The molecule has 0 saturated heterocycles. The van der Waals surface area contributed by atoms with Crippen molar-refractivity contribution in [3.8, 4) is 0 Å². The summed E-state index contributed by atoms with van der Waals surface area (Å²) in [6.07, 6.45) is 1.32. The van der Waals surface area contributed by atoms with Crippen molar-refractivity contribution in [1.82, 2.24) is 0 Å². The monoisotopic (exact) mass is 363 g/mol. The zero-order valence-electron chi connectivity index (χ0n) is 16.0. The van der Waals surface area contributed by atoms with Crippen LogP contribution in [0.4, 0.5) is 5.69 Å². The molecule has 27 heavy (non-hydrogen) atoms. The van der Waals surface area contributed by atoms with Crippen LogP contribution in [0.2, 0.25) is 0 Å². The highest BCUT2D eigenvalue weighted by Crippen LogP contribution is 2.42. The number of nitrogens with zero attached hydrogens (tertiary/aromatic N) is 1.